The second-order valence-corrected chi connectivity index (χ2v) is 6.50. The third-order valence-electron chi connectivity index (χ3n) is 4.54. The molecule has 3 aromatic rings. The Morgan fingerprint density at radius 2 is 1.79 bits per heavy atom. The maximum Gasteiger partial charge on any atom is 0.283 e. The number of aromatic amines is 1. The first-order chi connectivity index (χ1) is 15.8. The topological polar surface area (TPSA) is 178 Å². The van der Waals surface area contributed by atoms with Crippen LogP contribution in [0.25, 0.3) is 10.9 Å². The zero-order chi connectivity index (χ0) is 24.1. The molecule has 0 unspecified atom stereocenters. The number of carbonyl (C=O) groups excluding carboxylic acids is 2. The van der Waals surface area contributed by atoms with Crippen molar-refractivity contribution in [1.29, 1.82) is 0 Å². The molecule has 0 aliphatic rings. The van der Waals surface area contributed by atoms with Gasteiger partial charge in [0.15, 0.2) is 17.2 Å². The SMILES string of the molecule is COc1cc(C(=O)NCC(=O)N=Nc2c(O)[nH]c3ccc([N+](=O)[O-])cc23)cc(OC)c1OC. The molecule has 172 valence electrons. The summed E-state index contributed by atoms with van der Waals surface area (Å²) in [6, 6.07) is 6.67. The van der Waals surface area contributed by atoms with E-state index in [0.717, 1.165) is 0 Å². The first-order valence-electron chi connectivity index (χ1n) is 9.30. The van der Waals surface area contributed by atoms with Crippen LogP contribution in [0, 0.1) is 10.1 Å². The Balaban J connectivity index is 1.73. The quantitative estimate of drug-likeness (QED) is 0.262. The molecule has 0 spiro atoms. The fourth-order valence-corrected chi connectivity index (χ4v) is 2.98. The summed E-state index contributed by atoms with van der Waals surface area (Å²) in [4.78, 5) is 37.5. The van der Waals surface area contributed by atoms with Crippen LogP contribution in [0.1, 0.15) is 10.4 Å². The summed E-state index contributed by atoms with van der Waals surface area (Å²) in [6.07, 6.45) is 0. The molecule has 0 atom stereocenters. The lowest BCUT2D eigenvalue weighted by atomic mass is 10.1. The van der Waals surface area contributed by atoms with Gasteiger partial charge in [0.05, 0.1) is 31.8 Å². The number of benzene rings is 2. The first-order valence-corrected chi connectivity index (χ1v) is 9.30. The summed E-state index contributed by atoms with van der Waals surface area (Å²) < 4.78 is 15.6. The number of carbonyl (C=O) groups is 2. The number of methoxy groups -OCH3 is 3. The highest BCUT2D eigenvalue weighted by Gasteiger charge is 2.18. The number of rotatable bonds is 8. The third kappa shape index (κ3) is 4.81. The molecule has 0 bridgehead atoms. The van der Waals surface area contributed by atoms with Gasteiger partial charge in [0, 0.05) is 23.1 Å². The summed E-state index contributed by atoms with van der Waals surface area (Å²) in [7, 11) is 4.22. The van der Waals surface area contributed by atoms with Crippen LogP contribution in [0.15, 0.2) is 40.6 Å². The summed E-state index contributed by atoms with van der Waals surface area (Å²) in [5, 5.41) is 30.7. The predicted octanol–water partition coefficient (Wildman–Crippen LogP) is 2.85. The van der Waals surface area contributed by atoms with E-state index in [0.29, 0.717) is 11.3 Å². The number of hydrogen-bond donors (Lipinski definition) is 3. The Bertz CT molecular complexity index is 1240. The number of hydrogen-bond acceptors (Lipinski definition) is 9. The second kappa shape index (κ2) is 9.64. The van der Waals surface area contributed by atoms with Crippen LogP contribution in [0.2, 0.25) is 0 Å². The summed E-state index contributed by atoms with van der Waals surface area (Å²) >= 11 is 0. The number of nitrogens with zero attached hydrogens (tertiary/aromatic N) is 3. The van der Waals surface area contributed by atoms with Gasteiger partial charge in [-0.3, -0.25) is 19.7 Å². The fourth-order valence-electron chi connectivity index (χ4n) is 2.98. The van der Waals surface area contributed by atoms with Crippen molar-refractivity contribution >= 4 is 34.1 Å². The predicted molar refractivity (Wildman–Crippen MR) is 115 cm³/mol. The molecule has 2 amide bonds. The molecule has 13 nitrogen and oxygen atoms in total. The molecule has 0 saturated heterocycles. The maximum atomic E-state index is 12.5. The van der Waals surface area contributed by atoms with Crippen molar-refractivity contribution in [3.8, 4) is 23.1 Å². The van der Waals surface area contributed by atoms with Crippen molar-refractivity contribution in [1.82, 2.24) is 10.3 Å². The molecule has 1 aromatic heterocycles. The molecule has 0 saturated carbocycles. The van der Waals surface area contributed by atoms with Gasteiger partial charge in [0.25, 0.3) is 17.5 Å². The lowest BCUT2D eigenvalue weighted by Crippen LogP contribution is -2.28. The van der Waals surface area contributed by atoms with E-state index in [2.05, 4.69) is 20.5 Å². The number of amides is 2. The molecule has 0 radical (unpaired) electrons. The summed E-state index contributed by atoms with van der Waals surface area (Å²) in [6.45, 7) is -0.498. The summed E-state index contributed by atoms with van der Waals surface area (Å²) in [5.41, 5.74) is 0.158. The van der Waals surface area contributed by atoms with Crippen LogP contribution in [-0.2, 0) is 4.79 Å². The van der Waals surface area contributed by atoms with Gasteiger partial charge in [-0.1, -0.05) is 0 Å². The number of aromatic nitrogens is 1. The summed E-state index contributed by atoms with van der Waals surface area (Å²) in [5.74, 6) is -1.02. The van der Waals surface area contributed by atoms with Crippen molar-refractivity contribution in [2.24, 2.45) is 10.2 Å². The Hall–Kier alpha value is -4.68. The number of non-ortho nitro benzene ring substituents is 1. The van der Waals surface area contributed by atoms with Gasteiger partial charge < -0.3 is 29.6 Å². The zero-order valence-corrected chi connectivity index (χ0v) is 17.7. The van der Waals surface area contributed by atoms with Gasteiger partial charge in [-0.15, -0.1) is 10.2 Å². The normalized spacial score (nSPS) is 10.9. The minimum absolute atomic E-state index is 0.141. The highest BCUT2D eigenvalue weighted by molar-refractivity contribution is 5.98. The van der Waals surface area contributed by atoms with Crippen molar-refractivity contribution < 1.29 is 33.8 Å². The van der Waals surface area contributed by atoms with Gasteiger partial charge in [-0.05, 0) is 18.2 Å². The number of azo groups is 1. The van der Waals surface area contributed by atoms with Gasteiger partial charge in [0.2, 0.25) is 11.6 Å². The van der Waals surface area contributed by atoms with E-state index in [4.69, 9.17) is 14.2 Å². The molecule has 33 heavy (non-hydrogen) atoms. The van der Waals surface area contributed by atoms with Crippen molar-refractivity contribution in [2.75, 3.05) is 27.9 Å². The van der Waals surface area contributed by atoms with E-state index in [1.807, 2.05) is 0 Å². The molecule has 13 heteroatoms. The maximum absolute atomic E-state index is 12.5. The smallest absolute Gasteiger partial charge is 0.283 e. The Kier molecular flexibility index (Phi) is 6.71. The number of fused-ring (bicyclic) bond motifs is 1. The second-order valence-electron chi connectivity index (χ2n) is 6.50. The Morgan fingerprint density at radius 1 is 1.12 bits per heavy atom. The molecule has 0 aliphatic heterocycles. The van der Waals surface area contributed by atoms with Crippen LogP contribution in [0.3, 0.4) is 0 Å². The molecule has 3 N–H and O–H groups in total. The Labute approximate surface area is 186 Å². The number of nitro benzene ring substituents is 1. The Morgan fingerprint density at radius 3 is 2.36 bits per heavy atom. The van der Waals surface area contributed by atoms with E-state index in [-0.39, 0.29) is 33.8 Å². The number of nitro groups is 1. The van der Waals surface area contributed by atoms with Crippen LogP contribution < -0.4 is 19.5 Å². The van der Waals surface area contributed by atoms with Crippen LogP contribution >= 0.6 is 0 Å². The van der Waals surface area contributed by atoms with E-state index in [1.54, 1.807) is 0 Å². The van der Waals surface area contributed by atoms with Gasteiger partial charge in [-0.25, -0.2) is 0 Å². The lowest BCUT2D eigenvalue weighted by molar-refractivity contribution is -0.384. The van der Waals surface area contributed by atoms with Crippen LogP contribution in [-0.4, -0.2) is 54.7 Å². The van der Waals surface area contributed by atoms with E-state index < -0.39 is 29.2 Å². The number of aromatic hydroxyl groups is 1. The van der Waals surface area contributed by atoms with Crippen molar-refractivity contribution in [3.63, 3.8) is 0 Å². The van der Waals surface area contributed by atoms with Crippen molar-refractivity contribution in [3.05, 3.63) is 46.0 Å². The van der Waals surface area contributed by atoms with Gasteiger partial charge in [-0.2, -0.15) is 0 Å². The van der Waals surface area contributed by atoms with Crippen LogP contribution in [0.4, 0.5) is 11.4 Å². The fraction of sp³-hybridized carbons (Fsp3) is 0.200. The average molecular weight is 457 g/mol. The molecule has 0 aliphatic carbocycles. The minimum Gasteiger partial charge on any atom is -0.493 e. The number of H-pyrrole nitrogens is 1. The molecule has 1 heterocycles. The van der Waals surface area contributed by atoms with E-state index in [1.165, 1.54) is 51.7 Å². The molecule has 0 fully saturated rings. The first kappa shape index (κ1) is 23.0. The third-order valence-corrected chi connectivity index (χ3v) is 4.54. The van der Waals surface area contributed by atoms with E-state index in [9.17, 15) is 24.8 Å². The number of ether oxygens (including phenoxy) is 3. The van der Waals surface area contributed by atoms with E-state index >= 15 is 0 Å². The van der Waals surface area contributed by atoms with Gasteiger partial charge >= 0.3 is 0 Å². The minimum atomic E-state index is -0.824. The molecular formula is C20H19N5O8. The average Bonchev–Trinajstić information content (AvgIpc) is 3.13. The van der Waals surface area contributed by atoms with Crippen molar-refractivity contribution in [2.45, 2.75) is 0 Å². The molecular weight excluding hydrogens is 438 g/mol. The lowest BCUT2D eigenvalue weighted by Gasteiger charge is -2.13. The van der Waals surface area contributed by atoms with Crippen LogP contribution in [0.5, 0.6) is 23.1 Å². The zero-order valence-electron chi connectivity index (χ0n) is 17.7. The monoisotopic (exact) mass is 457 g/mol. The highest BCUT2D eigenvalue weighted by Crippen LogP contribution is 2.38. The molecule has 2 aromatic carbocycles. The highest BCUT2D eigenvalue weighted by atomic mass is 16.6. The largest absolute Gasteiger partial charge is 0.493 e. The number of nitrogens with one attached hydrogen (secondary N) is 2. The van der Waals surface area contributed by atoms with Gasteiger partial charge in [0.1, 0.15) is 6.54 Å². The standard InChI is InChI=1S/C20H19N5O8/c1-31-14-6-10(7-15(32-2)18(14)33-3)19(27)21-9-16(26)23-24-17-12-8-11(25(29)30)4-5-13(12)22-20(17)28/h4-8,22,28H,9H2,1-3H3,(H,21,27). The molecule has 3 rings (SSSR count).